The predicted molar refractivity (Wildman–Crippen MR) is 103 cm³/mol. The molecule has 0 radical (unpaired) electrons. The fraction of sp³-hybridized carbons (Fsp3) is 0.739. The summed E-state index contributed by atoms with van der Waals surface area (Å²) in [5.41, 5.74) is 3.09. The summed E-state index contributed by atoms with van der Waals surface area (Å²) in [6, 6.07) is 9.52. The van der Waals surface area contributed by atoms with E-state index in [1.54, 1.807) is 5.56 Å². The van der Waals surface area contributed by atoms with E-state index < -0.39 is 0 Å². The number of aryl methyl sites for hydroxylation is 2. The van der Waals surface area contributed by atoms with E-state index >= 15 is 0 Å². The molecule has 130 valence electrons. The maximum atomic E-state index is 2.39. The van der Waals surface area contributed by atoms with Crippen LogP contribution in [0.2, 0.25) is 0 Å². The van der Waals surface area contributed by atoms with Crippen molar-refractivity contribution >= 4 is 0 Å². The van der Waals surface area contributed by atoms with E-state index in [4.69, 9.17) is 0 Å². The zero-order valence-corrected chi connectivity index (χ0v) is 15.7. The van der Waals surface area contributed by atoms with Gasteiger partial charge in [-0.05, 0) is 48.6 Å². The number of unbranched alkanes of at least 4 members (excludes halogenated alkanes) is 3. The van der Waals surface area contributed by atoms with Crippen molar-refractivity contribution in [1.82, 2.24) is 0 Å². The van der Waals surface area contributed by atoms with Crippen LogP contribution < -0.4 is 0 Å². The van der Waals surface area contributed by atoms with Gasteiger partial charge < -0.3 is 0 Å². The Kier molecular flexibility index (Phi) is 8.79. The van der Waals surface area contributed by atoms with Gasteiger partial charge in [0, 0.05) is 0 Å². The van der Waals surface area contributed by atoms with Gasteiger partial charge in [-0.2, -0.15) is 0 Å². The molecule has 1 aliphatic carbocycles. The first-order chi connectivity index (χ1) is 11.3. The maximum Gasteiger partial charge on any atom is -0.0276 e. The van der Waals surface area contributed by atoms with Crippen LogP contribution in [0, 0.1) is 11.8 Å². The molecule has 0 bridgehead atoms. The number of rotatable bonds is 10. The molecule has 0 spiro atoms. The Morgan fingerprint density at radius 1 is 0.652 bits per heavy atom. The van der Waals surface area contributed by atoms with Gasteiger partial charge in [-0.1, -0.05) is 95.9 Å². The molecule has 0 nitrogen and oxygen atoms in total. The molecule has 0 amide bonds. The maximum absolute atomic E-state index is 2.39. The van der Waals surface area contributed by atoms with E-state index in [0.29, 0.717) is 0 Å². The monoisotopic (exact) mass is 314 g/mol. The highest BCUT2D eigenvalue weighted by atomic mass is 14.3. The second-order valence-electron chi connectivity index (χ2n) is 7.84. The third-order valence-electron chi connectivity index (χ3n) is 5.85. The lowest BCUT2D eigenvalue weighted by atomic mass is 9.78. The lowest BCUT2D eigenvalue weighted by molar-refractivity contribution is 0.252. The molecular weight excluding hydrogens is 276 g/mol. The van der Waals surface area contributed by atoms with Gasteiger partial charge in [0.2, 0.25) is 0 Å². The van der Waals surface area contributed by atoms with Crippen LogP contribution in [0.15, 0.2) is 24.3 Å². The SMILES string of the molecule is CCCCCCc1ccc(CCC2CCC(CCC)CC2)cc1. The average molecular weight is 315 g/mol. The van der Waals surface area contributed by atoms with E-state index in [1.165, 1.54) is 89.0 Å². The third kappa shape index (κ3) is 7.10. The molecule has 0 saturated heterocycles. The Morgan fingerprint density at radius 2 is 1.22 bits per heavy atom. The fourth-order valence-electron chi connectivity index (χ4n) is 4.22. The summed E-state index contributed by atoms with van der Waals surface area (Å²) < 4.78 is 0. The van der Waals surface area contributed by atoms with Crippen LogP contribution in [0.3, 0.4) is 0 Å². The molecule has 0 N–H and O–H groups in total. The van der Waals surface area contributed by atoms with E-state index in [-0.39, 0.29) is 0 Å². The van der Waals surface area contributed by atoms with Gasteiger partial charge in [0.15, 0.2) is 0 Å². The highest BCUT2D eigenvalue weighted by molar-refractivity contribution is 5.22. The summed E-state index contributed by atoms with van der Waals surface area (Å²) in [7, 11) is 0. The highest BCUT2D eigenvalue weighted by Crippen LogP contribution is 2.33. The summed E-state index contributed by atoms with van der Waals surface area (Å²) >= 11 is 0. The smallest absolute Gasteiger partial charge is 0.0276 e. The van der Waals surface area contributed by atoms with Crippen LogP contribution in [-0.4, -0.2) is 0 Å². The first-order valence-corrected chi connectivity index (χ1v) is 10.4. The lowest BCUT2D eigenvalue weighted by Gasteiger charge is -2.28. The average Bonchev–Trinajstić information content (AvgIpc) is 2.59. The van der Waals surface area contributed by atoms with Gasteiger partial charge in [0.25, 0.3) is 0 Å². The van der Waals surface area contributed by atoms with Gasteiger partial charge >= 0.3 is 0 Å². The second kappa shape index (κ2) is 10.9. The Hall–Kier alpha value is -0.780. The molecule has 1 aliphatic rings. The molecule has 2 rings (SSSR count). The molecule has 0 heteroatoms. The number of hydrogen-bond donors (Lipinski definition) is 0. The fourth-order valence-corrected chi connectivity index (χ4v) is 4.22. The second-order valence-corrected chi connectivity index (χ2v) is 7.84. The van der Waals surface area contributed by atoms with Crippen LogP contribution in [0.25, 0.3) is 0 Å². The summed E-state index contributed by atoms with van der Waals surface area (Å²) in [5.74, 6) is 2.04. The standard InChI is InChI=1S/C23H38/c1-3-5-6-7-9-21-12-16-23(17-13-21)19-18-22-14-10-20(8-4-2)11-15-22/h12-13,16-17,20,22H,3-11,14-15,18-19H2,1-2H3. The zero-order chi connectivity index (χ0) is 16.3. The Bertz CT molecular complexity index is 395. The van der Waals surface area contributed by atoms with Gasteiger partial charge in [-0.15, -0.1) is 0 Å². The van der Waals surface area contributed by atoms with Crippen LogP contribution >= 0.6 is 0 Å². The van der Waals surface area contributed by atoms with Crippen LogP contribution in [0.5, 0.6) is 0 Å². The molecule has 0 aromatic heterocycles. The largest absolute Gasteiger partial charge is 0.0654 e. The first kappa shape index (κ1) is 18.6. The van der Waals surface area contributed by atoms with Crippen LogP contribution in [-0.2, 0) is 12.8 Å². The summed E-state index contributed by atoms with van der Waals surface area (Å²) in [6.45, 7) is 4.62. The summed E-state index contributed by atoms with van der Waals surface area (Å²) in [6.07, 6.45) is 18.2. The molecule has 0 aliphatic heterocycles. The molecule has 0 unspecified atom stereocenters. The quantitative estimate of drug-likeness (QED) is 0.396. The van der Waals surface area contributed by atoms with Crippen LogP contribution in [0.4, 0.5) is 0 Å². The summed E-state index contributed by atoms with van der Waals surface area (Å²) in [4.78, 5) is 0. The van der Waals surface area contributed by atoms with E-state index in [0.717, 1.165) is 11.8 Å². The highest BCUT2D eigenvalue weighted by Gasteiger charge is 2.20. The van der Waals surface area contributed by atoms with Gasteiger partial charge in [-0.3, -0.25) is 0 Å². The molecule has 23 heavy (non-hydrogen) atoms. The van der Waals surface area contributed by atoms with Crippen molar-refractivity contribution < 1.29 is 0 Å². The van der Waals surface area contributed by atoms with Crippen molar-refractivity contribution in [3.63, 3.8) is 0 Å². The van der Waals surface area contributed by atoms with Gasteiger partial charge in [0.05, 0.1) is 0 Å². The lowest BCUT2D eigenvalue weighted by Crippen LogP contribution is -2.15. The topological polar surface area (TPSA) is 0 Å². The minimum Gasteiger partial charge on any atom is -0.0654 e. The van der Waals surface area contributed by atoms with E-state index in [1.807, 2.05) is 0 Å². The molecule has 0 atom stereocenters. The van der Waals surface area contributed by atoms with E-state index in [9.17, 15) is 0 Å². The Balaban J connectivity index is 1.64. The van der Waals surface area contributed by atoms with Crippen molar-refractivity contribution in [3.05, 3.63) is 35.4 Å². The molecule has 1 aromatic carbocycles. The normalized spacial score (nSPS) is 21.5. The Morgan fingerprint density at radius 3 is 1.78 bits per heavy atom. The van der Waals surface area contributed by atoms with Crippen molar-refractivity contribution in [2.75, 3.05) is 0 Å². The van der Waals surface area contributed by atoms with E-state index in [2.05, 4.69) is 38.1 Å². The minimum absolute atomic E-state index is 0.997. The first-order valence-electron chi connectivity index (χ1n) is 10.4. The zero-order valence-electron chi connectivity index (χ0n) is 15.7. The van der Waals surface area contributed by atoms with Crippen molar-refractivity contribution in [2.24, 2.45) is 11.8 Å². The predicted octanol–water partition coefficient (Wildman–Crippen LogP) is 7.35. The number of benzene rings is 1. The molecule has 1 aromatic rings. The third-order valence-corrected chi connectivity index (χ3v) is 5.85. The van der Waals surface area contributed by atoms with Gasteiger partial charge in [0.1, 0.15) is 0 Å². The Labute approximate surface area is 145 Å². The molecular formula is C23H38. The van der Waals surface area contributed by atoms with Crippen molar-refractivity contribution in [3.8, 4) is 0 Å². The molecule has 0 heterocycles. The minimum atomic E-state index is 0.997. The van der Waals surface area contributed by atoms with Gasteiger partial charge in [-0.25, -0.2) is 0 Å². The molecule has 1 fully saturated rings. The molecule has 1 saturated carbocycles. The van der Waals surface area contributed by atoms with Crippen LogP contribution in [0.1, 0.15) is 95.6 Å². The number of hydrogen-bond acceptors (Lipinski definition) is 0. The van der Waals surface area contributed by atoms with Crippen molar-refractivity contribution in [2.45, 2.75) is 97.3 Å². The summed E-state index contributed by atoms with van der Waals surface area (Å²) in [5, 5.41) is 0. The van der Waals surface area contributed by atoms with Crippen molar-refractivity contribution in [1.29, 1.82) is 0 Å².